The number of allylic oxidation sites excluding steroid dienone is 1. The molecule has 58 heavy (non-hydrogen) atoms. The molecule has 9 nitrogen and oxygen atoms in total. The first-order chi connectivity index (χ1) is 27.9. The molecule has 0 fully saturated rings. The molecule has 0 unspecified atom stereocenters. The van der Waals surface area contributed by atoms with E-state index in [2.05, 4.69) is 85.3 Å². The highest BCUT2D eigenvalue weighted by molar-refractivity contribution is 7.99. The average molecular weight is 885 g/mol. The zero-order valence-electron chi connectivity index (χ0n) is 37.9. The number of aliphatic imine (C=N–C) groups is 1. The summed E-state index contributed by atoms with van der Waals surface area (Å²) in [6.07, 6.45) is 14.1. The van der Waals surface area contributed by atoms with Crippen molar-refractivity contribution in [3.05, 3.63) is 103 Å². The third-order valence-electron chi connectivity index (χ3n) is 6.64. The summed E-state index contributed by atoms with van der Waals surface area (Å²) in [6.45, 7) is 17.0. The molecule has 0 heterocycles. The Morgan fingerprint density at radius 3 is 1.50 bits per heavy atom. The van der Waals surface area contributed by atoms with Crippen molar-refractivity contribution in [2.45, 2.75) is 89.9 Å². The van der Waals surface area contributed by atoms with E-state index in [0.29, 0.717) is 19.1 Å². The first-order valence-corrected chi connectivity index (χ1v) is 24.6. The second kappa shape index (κ2) is 48.8. The SMILES string of the molecule is C=CCCCOC.CCCCOP(=O)(OC)OCCCC.CCSC.COC(C)=N.COC(C)=Nc1ccccc1.CSc1ccc(C)cc1.CSc1ccccc1. The van der Waals surface area contributed by atoms with Crippen LogP contribution in [0.3, 0.4) is 0 Å². The molecule has 0 aliphatic heterocycles. The molecule has 0 aliphatic rings. The van der Waals surface area contributed by atoms with Crippen molar-refractivity contribution in [3.63, 3.8) is 0 Å². The number of nitrogens with one attached hydrogen (secondary N) is 1. The van der Waals surface area contributed by atoms with Crippen molar-refractivity contribution in [1.29, 1.82) is 5.41 Å². The Morgan fingerprint density at radius 1 is 0.724 bits per heavy atom. The number of nitrogens with zero attached hydrogens (tertiary/aromatic N) is 1. The number of methoxy groups -OCH3 is 3. The second-order valence-corrected chi connectivity index (χ2v) is 16.2. The van der Waals surface area contributed by atoms with E-state index in [1.807, 2.05) is 87.1 Å². The fourth-order valence-corrected chi connectivity index (χ4v) is 4.95. The van der Waals surface area contributed by atoms with Crippen LogP contribution in [0.5, 0.6) is 0 Å². The molecular formula is C45H77N2O7PS3. The van der Waals surface area contributed by atoms with Crippen LogP contribution in [0.15, 0.2) is 112 Å². The molecule has 0 saturated carbocycles. The molecule has 0 bridgehead atoms. The van der Waals surface area contributed by atoms with Crippen molar-refractivity contribution in [2.75, 3.05) is 72.8 Å². The minimum absolute atomic E-state index is 0.255. The zero-order chi connectivity index (χ0) is 44.7. The van der Waals surface area contributed by atoms with Crippen molar-refractivity contribution in [3.8, 4) is 0 Å². The van der Waals surface area contributed by atoms with Gasteiger partial charge in [-0.2, -0.15) is 11.8 Å². The van der Waals surface area contributed by atoms with Gasteiger partial charge in [0, 0.05) is 44.5 Å². The van der Waals surface area contributed by atoms with Crippen molar-refractivity contribution in [2.24, 2.45) is 4.99 Å². The van der Waals surface area contributed by atoms with Gasteiger partial charge in [0.1, 0.15) is 0 Å². The molecule has 332 valence electrons. The lowest BCUT2D eigenvalue weighted by Crippen LogP contribution is -2.00. The molecule has 3 aromatic rings. The molecule has 0 aliphatic carbocycles. The van der Waals surface area contributed by atoms with Gasteiger partial charge in [-0.25, -0.2) is 9.56 Å². The standard InChI is InChI=1S/C9H11NO.C9H21O4P.C8H10S.C7H8S.C6H12O.C3H7NO.C3H8S/c1-8(11-2)10-9-6-4-3-5-7-9;1-4-6-8-12-14(10,11-3)13-9-7-5-2;1-7-3-5-8(9-2)6-4-7;1-8-7-5-3-2-4-6-7;1-3-4-5-6-7-2;1-3(4)5-2;1-3-4-2/h3-7H,1-2H3;4-9H2,1-3H3;3-6H,1-2H3;2-6H,1H3;3H,1,4-6H2,2H3;4H,1-2H3;3H2,1-2H3. The summed E-state index contributed by atoms with van der Waals surface area (Å²) in [4.78, 5) is 6.83. The van der Waals surface area contributed by atoms with Crippen LogP contribution < -0.4 is 0 Å². The number of phosphoric acid groups is 1. The smallest absolute Gasteiger partial charge is 0.474 e. The predicted octanol–water partition coefficient (Wildman–Crippen LogP) is 14.5. The van der Waals surface area contributed by atoms with E-state index >= 15 is 0 Å². The molecule has 3 rings (SSSR count). The molecule has 0 aromatic heterocycles. The van der Waals surface area contributed by atoms with Crippen molar-refractivity contribution in [1.82, 2.24) is 0 Å². The Labute approximate surface area is 367 Å². The number of para-hydroxylation sites is 1. The zero-order valence-corrected chi connectivity index (χ0v) is 41.3. The van der Waals surface area contributed by atoms with Crippen LogP contribution in [0, 0.1) is 12.3 Å². The predicted molar refractivity (Wildman–Crippen MR) is 260 cm³/mol. The van der Waals surface area contributed by atoms with E-state index in [4.69, 9.17) is 28.5 Å². The van der Waals surface area contributed by atoms with Crippen LogP contribution >= 0.6 is 43.1 Å². The van der Waals surface area contributed by atoms with Gasteiger partial charge in [-0.05, 0) is 93.5 Å². The van der Waals surface area contributed by atoms with E-state index in [-0.39, 0.29) is 5.90 Å². The quantitative estimate of drug-likeness (QED) is 0.0351. The first kappa shape index (κ1) is 62.1. The molecule has 0 atom stereocenters. The highest BCUT2D eigenvalue weighted by Crippen LogP contribution is 2.48. The van der Waals surface area contributed by atoms with Gasteiger partial charge in [0.2, 0.25) is 0 Å². The lowest BCUT2D eigenvalue weighted by molar-refractivity contribution is 0.128. The fourth-order valence-electron chi connectivity index (χ4n) is 3.12. The van der Waals surface area contributed by atoms with E-state index in [1.165, 1.54) is 35.3 Å². The van der Waals surface area contributed by atoms with Gasteiger partial charge in [0.15, 0.2) is 11.8 Å². The van der Waals surface area contributed by atoms with Gasteiger partial charge in [0.25, 0.3) is 0 Å². The summed E-state index contributed by atoms with van der Waals surface area (Å²) in [5.41, 5.74) is 2.25. The Kier molecular flexibility index (Phi) is 52.3. The van der Waals surface area contributed by atoms with Crippen molar-refractivity contribution < 1.29 is 32.3 Å². The molecule has 0 saturated heterocycles. The summed E-state index contributed by atoms with van der Waals surface area (Å²) in [7, 11) is 2.89. The fraction of sp³-hybridized carbons (Fsp3) is 0.511. The van der Waals surface area contributed by atoms with Gasteiger partial charge in [-0.1, -0.05) is 93.8 Å². The summed E-state index contributed by atoms with van der Waals surface area (Å²) in [6, 6.07) is 28.6. The van der Waals surface area contributed by atoms with Crippen LogP contribution in [0.2, 0.25) is 0 Å². The Hall–Kier alpha value is -2.54. The first-order valence-electron chi connectivity index (χ1n) is 19.3. The molecule has 0 spiro atoms. The van der Waals surface area contributed by atoms with Crippen LogP contribution in [0.25, 0.3) is 0 Å². The molecule has 3 aromatic carbocycles. The van der Waals surface area contributed by atoms with E-state index in [9.17, 15) is 4.57 Å². The third-order valence-corrected chi connectivity index (χ3v) is 10.2. The van der Waals surface area contributed by atoms with Crippen LogP contribution in [-0.2, 0) is 32.3 Å². The number of unbranched alkanes of at least 4 members (excludes halogenated alkanes) is 3. The summed E-state index contributed by atoms with van der Waals surface area (Å²) in [5.74, 6) is 2.17. The van der Waals surface area contributed by atoms with Gasteiger partial charge >= 0.3 is 7.82 Å². The van der Waals surface area contributed by atoms with Gasteiger partial charge in [-0.3, -0.25) is 19.0 Å². The molecule has 0 amide bonds. The minimum Gasteiger partial charge on any atom is -0.485 e. The number of aryl methyl sites for hydroxylation is 1. The minimum atomic E-state index is -3.26. The lowest BCUT2D eigenvalue weighted by atomic mass is 10.2. The van der Waals surface area contributed by atoms with Crippen LogP contribution in [0.1, 0.15) is 78.7 Å². The molecular weight excluding hydrogens is 808 g/mol. The Bertz CT molecular complexity index is 1360. The van der Waals surface area contributed by atoms with Gasteiger partial charge in [0.05, 0.1) is 33.1 Å². The number of ether oxygens (including phenoxy) is 3. The Morgan fingerprint density at radius 2 is 1.17 bits per heavy atom. The van der Waals surface area contributed by atoms with Gasteiger partial charge in [-0.15, -0.1) is 30.1 Å². The highest BCUT2D eigenvalue weighted by Gasteiger charge is 2.23. The number of phosphoric ester groups is 1. The summed E-state index contributed by atoms with van der Waals surface area (Å²) >= 11 is 5.40. The average Bonchev–Trinajstić information content (AvgIpc) is 3.26. The van der Waals surface area contributed by atoms with Crippen LogP contribution in [-0.4, -0.2) is 84.6 Å². The van der Waals surface area contributed by atoms with E-state index < -0.39 is 7.82 Å². The van der Waals surface area contributed by atoms with E-state index in [1.54, 1.807) is 44.7 Å². The van der Waals surface area contributed by atoms with Crippen molar-refractivity contribution >= 4 is 60.6 Å². The van der Waals surface area contributed by atoms with E-state index in [0.717, 1.165) is 50.8 Å². The topological polar surface area (TPSA) is 109 Å². The summed E-state index contributed by atoms with van der Waals surface area (Å²) in [5, 5.41) is 6.52. The maximum absolute atomic E-state index is 11.7. The number of benzene rings is 3. The second-order valence-electron chi connectivity index (χ2n) is 11.5. The monoisotopic (exact) mass is 884 g/mol. The molecule has 0 radical (unpaired) electrons. The molecule has 1 N–H and O–H groups in total. The normalized spacial score (nSPS) is 9.91. The number of hydrogen-bond acceptors (Lipinski definition) is 12. The Balaban J connectivity index is -0.000000303. The maximum Gasteiger partial charge on any atom is 0.474 e. The number of rotatable bonds is 17. The number of hydrogen-bond donors (Lipinski definition) is 1. The largest absolute Gasteiger partial charge is 0.485 e. The van der Waals surface area contributed by atoms with Gasteiger partial charge < -0.3 is 14.2 Å². The lowest BCUT2D eigenvalue weighted by Gasteiger charge is -2.15. The maximum atomic E-state index is 11.7. The number of thioether (sulfide) groups is 3. The molecule has 13 heteroatoms. The van der Waals surface area contributed by atoms with Crippen LogP contribution in [0.4, 0.5) is 5.69 Å². The summed E-state index contributed by atoms with van der Waals surface area (Å²) < 4.78 is 40.6. The third kappa shape index (κ3) is 47.8. The highest BCUT2D eigenvalue weighted by atomic mass is 32.2.